The molecule has 0 radical (unpaired) electrons. The van der Waals surface area contributed by atoms with E-state index in [-0.39, 0.29) is 11.6 Å². The molecule has 27 heavy (non-hydrogen) atoms. The molecule has 4 rings (SSSR count). The van der Waals surface area contributed by atoms with Crippen molar-refractivity contribution >= 4 is 17.3 Å². The van der Waals surface area contributed by atoms with Crippen molar-refractivity contribution in [1.82, 2.24) is 4.90 Å². The first-order valence-electron chi connectivity index (χ1n) is 9.16. The van der Waals surface area contributed by atoms with Crippen LogP contribution in [0.4, 0.5) is 5.69 Å². The van der Waals surface area contributed by atoms with Crippen LogP contribution in [0.1, 0.15) is 31.8 Å². The topological polar surface area (TPSA) is 58.6 Å². The summed E-state index contributed by atoms with van der Waals surface area (Å²) in [5.74, 6) is -0.258. The van der Waals surface area contributed by atoms with E-state index < -0.39 is 0 Å². The molecule has 0 spiro atoms. The Balaban J connectivity index is 1.83. The van der Waals surface area contributed by atoms with Crippen LogP contribution in [0.25, 0.3) is 0 Å². The Bertz CT molecular complexity index is 956. The first-order valence-corrected chi connectivity index (χ1v) is 9.16. The molecular weight excluding hydrogens is 340 g/mol. The van der Waals surface area contributed by atoms with E-state index in [0.29, 0.717) is 48.8 Å². The average Bonchev–Trinajstić information content (AvgIpc) is 2.68. The van der Waals surface area contributed by atoms with Gasteiger partial charge in [0, 0.05) is 29.9 Å². The predicted molar refractivity (Wildman–Crippen MR) is 104 cm³/mol. The molecule has 1 heterocycles. The Kier molecular flexibility index (Phi) is 4.54. The second-order valence-corrected chi connectivity index (χ2v) is 6.97. The van der Waals surface area contributed by atoms with Gasteiger partial charge in [-0.2, -0.15) is 0 Å². The van der Waals surface area contributed by atoms with E-state index in [1.807, 2.05) is 30.9 Å². The third-order valence-electron chi connectivity index (χ3n) is 5.06. The van der Waals surface area contributed by atoms with E-state index in [9.17, 15) is 9.59 Å². The van der Waals surface area contributed by atoms with E-state index in [4.69, 9.17) is 4.74 Å². The molecule has 2 aliphatic rings. The normalized spacial score (nSPS) is 17.2. The van der Waals surface area contributed by atoms with Crippen molar-refractivity contribution in [3.05, 3.63) is 76.1 Å². The zero-order chi connectivity index (χ0) is 19.0. The van der Waals surface area contributed by atoms with Gasteiger partial charge in [-0.25, -0.2) is 0 Å². The Labute approximate surface area is 158 Å². The molecule has 1 N–H and O–H groups in total. The van der Waals surface area contributed by atoms with Crippen molar-refractivity contribution in [2.75, 3.05) is 31.6 Å². The molecule has 0 unspecified atom stereocenters. The van der Waals surface area contributed by atoms with Gasteiger partial charge in [-0.05, 0) is 25.5 Å². The third kappa shape index (κ3) is 3.15. The number of carbonyl (C=O) groups excluding carboxylic acids is 2. The van der Waals surface area contributed by atoms with Gasteiger partial charge >= 0.3 is 0 Å². The number of carbonyl (C=O) groups is 2. The number of hydrogen-bond acceptors (Lipinski definition) is 5. The molecule has 1 fully saturated rings. The van der Waals surface area contributed by atoms with Crippen molar-refractivity contribution in [1.29, 1.82) is 0 Å². The summed E-state index contributed by atoms with van der Waals surface area (Å²) in [6, 6.07) is 13.0. The molecular formula is C22H22N2O3. The summed E-state index contributed by atoms with van der Waals surface area (Å²) in [5, 5.41) is 3.27. The molecule has 138 valence electrons. The number of rotatable bonds is 3. The smallest absolute Gasteiger partial charge is 0.212 e. The van der Waals surface area contributed by atoms with Crippen LogP contribution in [0, 0.1) is 13.8 Å². The minimum atomic E-state index is -0.147. The number of anilines is 1. The van der Waals surface area contributed by atoms with Gasteiger partial charge in [-0.3, -0.25) is 9.59 Å². The van der Waals surface area contributed by atoms with E-state index in [2.05, 4.69) is 11.4 Å². The quantitative estimate of drug-likeness (QED) is 0.908. The first-order chi connectivity index (χ1) is 13.1. The van der Waals surface area contributed by atoms with Gasteiger partial charge in [0.05, 0.1) is 13.2 Å². The zero-order valence-electron chi connectivity index (χ0n) is 15.5. The number of aryl methyl sites for hydroxylation is 2. The molecule has 2 aromatic carbocycles. The SMILES string of the molecule is Cc1ccc(NC2=C(N3CCOCC3)C(=O)c3ccccc3C2=O)c(C)c1. The van der Waals surface area contributed by atoms with Crippen LogP contribution in [-0.4, -0.2) is 42.8 Å². The number of nitrogens with zero attached hydrogens (tertiary/aromatic N) is 1. The van der Waals surface area contributed by atoms with Gasteiger partial charge in [0.25, 0.3) is 0 Å². The van der Waals surface area contributed by atoms with Crippen LogP contribution in [0.2, 0.25) is 0 Å². The molecule has 1 aliphatic heterocycles. The Morgan fingerprint density at radius 1 is 0.926 bits per heavy atom. The highest BCUT2D eigenvalue weighted by molar-refractivity contribution is 6.27. The summed E-state index contributed by atoms with van der Waals surface area (Å²) in [4.78, 5) is 28.5. The van der Waals surface area contributed by atoms with Gasteiger partial charge in [0.15, 0.2) is 0 Å². The molecule has 0 bridgehead atoms. The Morgan fingerprint density at radius 2 is 1.59 bits per heavy atom. The molecule has 0 atom stereocenters. The molecule has 2 aromatic rings. The van der Waals surface area contributed by atoms with Crippen LogP contribution in [0.3, 0.4) is 0 Å². The fourth-order valence-corrected chi connectivity index (χ4v) is 3.66. The number of allylic oxidation sites excluding steroid dienone is 2. The maximum absolute atomic E-state index is 13.3. The maximum Gasteiger partial charge on any atom is 0.212 e. The number of ketones is 2. The lowest BCUT2D eigenvalue weighted by atomic mass is 9.89. The highest BCUT2D eigenvalue weighted by atomic mass is 16.5. The van der Waals surface area contributed by atoms with E-state index in [0.717, 1.165) is 16.8 Å². The summed E-state index contributed by atoms with van der Waals surface area (Å²) in [7, 11) is 0. The molecule has 1 saturated heterocycles. The van der Waals surface area contributed by atoms with Crippen LogP contribution in [0.15, 0.2) is 53.9 Å². The number of hydrogen-bond donors (Lipinski definition) is 1. The lowest BCUT2D eigenvalue weighted by Crippen LogP contribution is -2.42. The standard InChI is InChI=1S/C22H22N2O3/c1-14-7-8-18(15(2)13-14)23-19-20(24-9-11-27-12-10-24)22(26)17-6-4-3-5-16(17)21(19)25/h3-8,13,23H,9-12H2,1-2H3. The van der Waals surface area contributed by atoms with Gasteiger partial charge in [-0.1, -0.05) is 42.0 Å². The molecule has 0 aromatic heterocycles. The van der Waals surface area contributed by atoms with Crippen LogP contribution in [0.5, 0.6) is 0 Å². The second kappa shape index (κ2) is 7.00. The van der Waals surface area contributed by atoms with Crippen molar-refractivity contribution in [2.45, 2.75) is 13.8 Å². The van der Waals surface area contributed by atoms with Gasteiger partial charge in [0.2, 0.25) is 11.6 Å². The number of benzene rings is 2. The summed E-state index contributed by atoms with van der Waals surface area (Å²) in [6.45, 7) is 6.30. The van der Waals surface area contributed by atoms with Crippen molar-refractivity contribution < 1.29 is 14.3 Å². The van der Waals surface area contributed by atoms with Crippen molar-refractivity contribution in [2.24, 2.45) is 0 Å². The molecule has 5 heteroatoms. The van der Waals surface area contributed by atoms with Crippen LogP contribution in [-0.2, 0) is 4.74 Å². The minimum Gasteiger partial charge on any atom is -0.378 e. The largest absolute Gasteiger partial charge is 0.378 e. The summed E-state index contributed by atoms with van der Waals surface area (Å²) in [5.41, 5.74) is 4.73. The monoisotopic (exact) mass is 362 g/mol. The van der Waals surface area contributed by atoms with Crippen LogP contribution >= 0.6 is 0 Å². The second-order valence-electron chi connectivity index (χ2n) is 6.97. The molecule has 1 aliphatic carbocycles. The number of nitrogens with one attached hydrogen (secondary N) is 1. The maximum atomic E-state index is 13.3. The van der Waals surface area contributed by atoms with Crippen LogP contribution < -0.4 is 5.32 Å². The number of Topliss-reactive ketones (excluding diaryl/α,β-unsaturated/α-hetero) is 2. The molecule has 0 amide bonds. The lowest BCUT2D eigenvalue weighted by molar-refractivity contribution is 0.0496. The van der Waals surface area contributed by atoms with E-state index in [1.54, 1.807) is 24.3 Å². The molecule has 5 nitrogen and oxygen atoms in total. The number of ether oxygens (including phenoxy) is 1. The highest BCUT2D eigenvalue weighted by Gasteiger charge is 2.35. The summed E-state index contributed by atoms with van der Waals surface area (Å²) < 4.78 is 5.43. The minimum absolute atomic E-state index is 0.112. The molecule has 0 saturated carbocycles. The van der Waals surface area contributed by atoms with E-state index >= 15 is 0 Å². The summed E-state index contributed by atoms with van der Waals surface area (Å²) >= 11 is 0. The van der Waals surface area contributed by atoms with Gasteiger partial charge < -0.3 is 15.0 Å². The van der Waals surface area contributed by atoms with Crippen molar-refractivity contribution in [3.8, 4) is 0 Å². The van der Waals surface area contributed by atoms with Gasteiger partial charge in [0.1, 0.15) is 11.4 Å². The van der Waals surface area contributed by atoms with Gasteiger partial charge in [-0.15, -0.1) is 0 Å². The number of morpholine rings is 1. The Morgan fingerprint density at radius 3 is 2.26 bits per heavy atom. The fraction of sp³-hybridized carbons (Fsp3) is 0.273. The first kappa shape index (κ1) is 17.5. The fourth-order valence-electron chi connectivity index (χ4n) is 3.66. The highest BCUT2D eigenvalue weighted by Crippen LogP contribution is 2.30. The van der Waals surface area contributed by atoms with Crippen molar-refractivity contribution in [3.63, 3.8) is 0 Å². The average molecular weight is 362 g/mol. The van der Waals surface area contributed by atoms with E-state index in [1.165, 1.54) is 0 Å². The lowest BCUT2D eigenvalue weighted by Gasteiger charge is -2.34. The number of fused-ring (bicyclic) bond motifs is 1. The zero-order valence-corrected chi connectivity index (χ0v) is 15.5. The Hall–Kier alpha value is -2.92. The predicted octanol–water partition coefficient (Wildman–Crippen LogP) is 3.34. The summed E-state index contributed by atoms with van der Waals surface area (Å²) in [6.07, 6.45) is 0. The third-order valence-corrected chi connectivity index (χ3v) is 5.06.